The second-order valence-corrected chi connectivity index (χ2v) is 8.38. The van der Waals surface area contributed by atoms with Crippen LogP contribution in [0.1, 0.15) is 55.6 Å². The molecule has 0 spiro atoms. The Morgan fingerprint density at radius 2 is 2.06 bits per heavy atom. The van der Waals surface area contributed by atoms with Gasteiger partial charge in [-0.05, 0) is 57.7 Å². The topological polar surface area (TPSA) is 114 Å². The average molecular weight is 423 g/mol. The van der Waals surface area contributed by atoms with Gasteiger partial charge in [-0.3, -0.25) is 4.79 Å². The number of benzene rings is 1. The molecule has 1 amide bonds. The number of carboxylic acids is 1. The lowest BCUT2D eigenvalue weighted by Crippen LogP contribution is -2.43. The fraction of sp³-hybridized carbons (Fsp3) is 0.435. The predicted molar refractivity (Wildman–Crippen MR) is 113 cm³/mol. The van der Waals surface area contributed by atoms with Crippen molar-refractivity contribution in [3.63, 3.8) is 0 Å². The molecular formula is C23H25N3O5. The van der Waals surface area contributed by atoms with Gasteiger partial charge in [-0.1, -0.05) is 11.8 Å². The molecule has 2 aliphatic rings. The van der Waals surface area contributed by atoms with Crippen molar-refractivity contribution in [2.75, 3.05) is 0 Å². The van der Waals surface area contributed by atoms with Crippen molar-refractivity contribution in [2.45, 2.75) is 63.8 Å². The van der Waals surface area contributed by atoms with Crippen LogP contribution in [0, 0.1) is 11.8 Å². The molecule has 1 fully saturated rings. The molecule has 0 saturated heterocycles. The van der Waals surface area contributed by atoms with Gasteiger partial charge in [0, 0.05) is 17.8 Å². The lowest BCUT2D eigenvalue weighted by molar-refractivity contribution is -0.129. The van der Waals surface area contributed by atoms with Crippen LogP contribution in [0.2, 0.25) is 0 Å². The summed E-state index contributed by atoms with van der Waals surface area (Å²) in [6.07, 6.45) is 3.80. The van der Waals surface area contributed by atoms with Gasteiger partial charge in [-0.2, -0.15) is 0 Å². The van der Waals surface area contributed by atoms with Crippen molar-refractivity contribution in [3.8, 4) is 29.0 Å². The van der Waals surface area contributed by atoms with Crippen molar-refractivity contribution >= 4 is 11.9 Å². The Bertz CT molecular complexity index is 1090. The second kappa shape index (κ2) is 8.08. The molecule has 1 aliphatic carbocycles. The molecule has 1 atom stereocenters. The fourth-order valence-electron chi connectivity index (χ4n) is 3.91. The van der Waals surface area contributed by atoms with E-state index in [4.69, 9.17) is 4.74 Å². The summed E-state index contributed by atoms with van der Waals surface area (Å²) < 4.78 is 7.62. The van der Waals surface area contributed by atoms with E-state index in [1.807, 2.05) is 13.8 Å². The van der Waals surface area contributed by atoms with Gasteiger partial charge in [0.15, 0.2) is 11.8 Å². The number of carbonyl (C=O) groups excluding carboxylic acids is 1. The van der Waals surface area contributed by atoms with Gasteiger partial charge in [0.1, 0.15) is 17.2 Å². The van der Waals surface area contributed by atoms with Gasteiger partial charge >= 0.3 is 5.97 Å². The molecule has 31 heavy (non-hydrogen) atoms. The van der Waals surface area contributed by atoms with Gasteiger partial charge in [-0.15, -0.1) is 0 Å². The maximum atomic E-state index is 12.6. The lowest BCUT2D eigenvalue weighted by atomic mass is 10.0. The highest BCUT2D eigenvalue weighted by molar-refractivity contribution is 5.87. The van der Waals surface area contributed by atoms with E-state index in [2.05, 4.69) is 22.1 Å². The molecule has 8 heteroatoms. The molecular weight excluding hydrogens is 398 g/mol. The summed E-state index contributed by atoms with van der Waals surface area (Å²) in [6, 6.07) is 5.17. The molecule has 2 heterocycles. The molecule has 1 aromatic heterocycles. The number of aromatic nitrogens is 2. The summed E-state index contributed by atoms with van der Waals surface area (Å²) in [5, 5.41) is 22.7. The number of ether oxygens (including phenoxy) is 1. The Labute approximate surface area is 180 Å². The first-order valence-corrected chi connectivity index (χ1v) is 10.4. The Morgan fingerprint density at radius 3 is 2.74 bits per heavy atom. The van der Waals surface area contributed by atoms with Gasteiger partial charge in [0.05, 0.1) is 12.1 Å². The molecule has 3 N–H and O–H groups in total. The fourth-order valence-corrected chi connectivity index (χ4v) is 3.91. The molecule has 0 bridgehead atoms. The summed E-state index contributed by atoms with van der Waals surface area (Å²) >= 11 is 0. The number of rotatable bonds is 3. The third-order valence-electron chi connectivity index (χ3n) is 5.44. The first kappa shape index (κ1) is 20.9. The number of carboxylic acid groups (broad SMARTS) is 1. The van der Waals surface area contributed by atoms with Crippen LogP contribution < -0.4 is 10.1 Å². The number of hydrogen-bond acceptors (Lipinski definition) is 5. The van der Waals surface area contributed by atoms with E-state index in [1.165, 1.54) is 6.20 Å². The zero-order valence-electron chi connectivity index (χ0n) is 17.5. The monoisotopic (exact) mass is 423 g/mol. The SMILES string of the molecule is CC(C)NC(=O)C1Cn2cc(C(=O)O)nc2-c2cc(C#CC3(O)CCCC3)ccc2O1. The van der Waals surface area contributed by atoms with E-state index >= 15 is 0 Å². The van der Waals surface area contributed by atoms with E-state index in [0.29, 0.717) is 35.5 Å². The van der Waals surface area contributed by atoms with Gasteiger partial charge < -0.3 is 24.8 Å². The molecule has 8 nitrogen and oxygen atoms in total. The van der Waals surface area contributed by atoms with Crippen LogP contribution in [0.4, 0.5) is 0 Å². The number of fused-ring (bicyclic) bond motifs is 3. The number of hydrogen-bond donors (Lipinski definition) is 3. The quantitative estimate of drug-likeness (QED) is 0.652. The van der Waals surface area contributed by atoms with Crippen molar-refractivity contribution in [1.82, 2.24) is 14.9 Å². The van der Waals surface area contributed by atoms with E-state index in [0.717, 1.165) is 12.8 Å². The van der Waals surface area contributed by atoms with E-state index in [1.54, 1.807) is 22.8 Å². The van der Waals surface area contributed by atoms with Crippen LogP contribution in [0.25, 0.3) is 11.4 Å². The van der Waals surface area contributed by atoms with Crippen molar-refractivity contribution < 1.29 is 24.5 Å². The Kier molecular flexibility index (Phi) is 5.46. The van der Waals surface area contributed by atoms with Crippen LogP contribution in [0.5, 0.6) is 5.75 Å². The predicted octanol–water partition coefficient (Wildman–Crippen LogP) is 2.19. The number of aromatic carboxylic acids is 1. The highest BCUT2D eigenvalue weighted by Crippen LogP contribution is 2.35. The summed E-state index contributed by atoms with van der Waals surface area (Å²) in [7, 11) is 0. The maximum Gasteiger partial charge on any atom is 0.356 e. The average Bonchev–Trinajstić information content (AvgIpc) is 3.30. The van der Waals surface area contributed by atoms with Gasteiger partial charge in [0.2, 0.25) is 0 Å². The number of nitrogens with zero attached hydrogens (tertiary/aromatic N) is 2. The summed E-state index contributed by atoms with van der Waals surface area (Å²) in [4.78, 5) is 28.4. The molecule has 1 unspecified atom stereocenters. The standard InChI is InChI=1S/C23H25N3O5/c1-14(2)24-21(27)19-13-26-12-17(22(28)29)25-20(26)16-11-15(5-6-18(16)31-19)7-10-23(30)8-3-4-9-23/h5-6,11-12,14,19,30H,3-4,8-9,13H2,1-2H3,(H,24,27)(H,28,29). The minimum atomic E-state index is -1.15. The van der Waals surface area contributed by atoms with E-state index in [-0.39, 0.29) is 24.2 Å². The largest absolute Gasteiger partial charge is 0.478 e. The molecule has 162 valence electrons. The number of imidazole rings is 1. The Balaban J connectivity index is 1.75. The van der Waals surface area contributed by atoms with Gasteiger partial charge in [0.25, 0.3) is 5.91 Å². The minimum absolute atomic E-state index is 0.0605. The number of nitrogens with one attached hydrogen (secondary N) is 1. The van der Waals surface area contributed by atoms with Crippen molar-refractivity contribution in [1.29, 1.82) is 0 Å². The molecule has 1 aliphatic heterocycles. The first-order chi connectivity index (χ1) is 14.7. The lowest BCUT2D eigenvalue weighted by Gasteiger charge is -2.19. The summed E-state index contributed by atoms with van der Waals surface area (Å²) in [6.45, 7) is 3.84. The van der Waals surface area contributed by atoms with Crippen LogP contribution in [0.3, 0.4) is 0 Å². The second-order valence-electron chi connectivity index (χ2n) is 8.38. The van der Waals surface area contributed by atoms with Crippen LogP contribution in [0.15, 0.2) is 24.4 Å². The highest BCUT2D eigenvalue weighted by Gasteiger charge is 2.31. The molecule has 1 aromatic carbocycles. The molecule has 0 radical (unpaired) electrons. The Morgan fingerprint density at radius 1 is 1.32 bits per heavy atom. The normalized spacial score (nSPS) is 18.8. The van der Waals surface area contributed by atoms with Crippen LogP contribution in [-0.4, -0.2) is 49.4 Å². The first-order valence-electron chi connectivity index (χ1n) is 10.4. The van der Waals surface area contributed by atoms with Gasteiger partial charge in [-0.25, -0.2) is 9.78 Å². The molecule has 2 aromatic rings. The number of carbonyl (C=O) groups is 2. The molecule has 1 saturated carbocycles. The van der Waals surface area contributed by atoms with E-state index in [9.17, 15) is 19.8 Å². The zero-order chi connectivity index (χ0) is 22.2. The molecule has 4 rings (SSSR count). The highest BCUT2D eigenvalue weighted by atomic mass is 16.5. The van der Waals surface area contributed by atoms with Crippen molar-refractivity contribution in [2.24, 2.45) is 0 Å². The number of amides is 1. The smallest absolute Gasteiger partial charge is 0.356 e. The van der Waals surface area contributed by atoms with E-state index < -0.39 is 17.7 Å². The zero-order valence-corrected chi connectivity index (χ0v) is 17.5. The third-order valence-corrected chi connectivity index (χ3v) is 5.44. The maximum absolute atomic E-state index is 12.6. The van der Waals surface area contributed by atoms with Crippen LogP contribution >= 0.6 is 0 Å². The Hall–Kier alpha value is -3.31. The summed E-state index contributed by atoms with van der Waals surface area (Å²) in [5.41, 5.74) is 0.137. The van der Waals surface area contributed by atoms with Crippen LogP contribution in [-0.2, 0) is 11.3 Å². The summed E-state index contributed by atoms with van der Waals surface area (Å²) in [5.74, 6) is 5.39. The number of aliphatic hydroxyl groups is 1. The minimum Gasteiger partial charge on any atom is -0.478 e. The van der Waals surface area contributed by atoms with Crippen molar-refractivity contribution in [3.05, 3.63) is 35.7 Å². The third kappa shape index (κ3) is 4.42.